The van der Waals surface area contributed by atoms with Crippen LogP contribution in [0.15, 0.2) is 22.0 Å². The third-order valence-electron chi connectivity index (χ3n) is 1.57. The van der Waals surface area contributed by atoms with Crippen molar-refractivity contribution in [3.05, 3.63) is 22.0 Å². The summed E-state index contributed by atoms with van der Waals surface area (Å²) in [7, 11) is 0. The quantitative estimate of drug-likeness (QED) is 0.604. The molecule has 0 fully saturated rings. The van der Waals surface area contributed by atoms with Gasteiger partial charge in [0.1, 0.15) is 0 Å². The molecule has 0 bridgehead atoms. The number of hydrogen-bond acceptors (Lipinski definition) is 6. The first-order chi connectivity index (χ1) is 6.58. The molecule has 4 nitrogen and oxygen atoms in total. The fraction of sp³-hybridized carbons (Fsp3) is 0. The number of carbonyl (C=O) groups is 4. The summed E-state index contributed by atoms with van der Waals surface area (Å²) in [6.45, 7) is 0. The van der Waals surface area contributed by atoms with Gasteiger partial charge in [-0.05, 0) is 23.5 Å². The van der Waals surface area contributed by atoms with Crippen molar-refractivity contribution in [2.45, 2.75) is 0 Å². The predicted octanol–water partition coefficient (Wildman–Crippen LogP) is 0.439. The molecule has 2 rings (SSSR count). The monoisotopic (exact) mass is 226 g/mol. The standard InChI is InChI=1S/C8H2O4S2/c9-3-1-5(13-7(3)11)6-2-4(10)8(12)14-6/h1-2H. The minimum absolute atomic E-state index is 0.393. The molecule has 0 aliphatic carbocycles. The van der Waals surface area contributed by atoms with Gasteiger partial charge in [-0.25, -0.2) is 0 Å². The average molecular weight is 226 g/mol. The van der Waals surface area contributed by atoms with Gasteiger partial charge in [0, 0.05) is 22.0 Å². The second-order valence-corrected chi connectivity index (χ2v) is 4.55. The van der Waals surface area contributed by atoms with Crippen LogP contribution in [0.3, 0.4) is 0 Å². The largest absolute Gasteiger partial charge is 0.285 e. The molecule has 0 aromatic rings. The van der Waals surface area contributed by atoms with Crippen molar-refractivity contribution in [2.24, 2.45) is 0 Å². The third kappa shape index (κ3) is 1.46. The Morgan fingerprint density at radius 3 is 1.29 bits per heavy atom. The summed E-state index contributed by atoms with van der Waals surface area (Å²) in [6, 6.07) is 0. The fourth-order valence-corrected chi connectivity index (χ4v) is 2.58. The van der Waals surface area contributed by atoms with Gasteiger partial charge < -0.3 is 0 Å². The van der Waals surface area contributed by atoms with Crippen LogP contribution in [0.1, 0.15) is 0 Å². The van der Waals surface area contributed by atoms with Gasteiger partial charge >= 0.3 is 0 Å². The zero-order valence-electron chi connectivity index (χ0n) is 6.60. The van der Waals surface area contributed by atoms with Crippen molar-refractivity contribution in [2.75, 3.05) is 0 Å². The second kappa shape index (κ2) is 3.21. The van der Waals surface area contributed by atoms with Gasteiger partial charge in [0.05, 0.1) is 0 Å². The van der Waals surface area contributed by atoms with Crippen LogP contribution in [0.25, 0.3) is 0 Å². The molecule has 14 heavy (non-hydrogen) atoms. The molecule has 0 radical (unpaired) electrons. The van der Waals surface area contributed by atoms with Gasteiger partial charge in [-0.1, -0.05) is 0 Å². The van der Waals surface area contributed by atoms with Crippen molar-refractivity contribution >= 4 is 45.3 Å². The van der Waals surface area contributed by atoms with E-state index in [0.29, 0.717) is 9.81 Å². The van der Waals surface area contributed by atoms with Crippen molar-refractivity contribution in [1.29, 1.82) is 0 Å². The highest BCUT2D eigenvalue weighted by Crippen LogP contribution is 2.39. The van der Waals surface area contributed by atoms with E-state index in [0.717, 1.165) is 35.7 Å². The van der Waals surface area contributed by atoms with E-state index < -0.39 is 21.8 Å². The van der Waals surface area contributed by atoms with Crippen molar-refractivity contribution in [1.82, 2.24) is 0 Å². The van der Waals surface area contributed by atoms with E-state index in [1.165, 1.54) is 0 Å². The molecular formula is C8H2O4S2. The summed E-state index contributed by atoms with van der Waals surface area (Å²) in [5.41, 5.74) is 0. The summed E-state index contributed by atoms with van der Waals surface area (Å²) in [5.74, 6) is -1.20. The van der Waals surface area contributed by atoms with E-state index in [9.17, 15) is 19.2 Å². The van der Waals surface area contributed by atoms with Gasteiger partial charge in [0.2, 0.25) is 11.6 Å². The molecule has 0 spiro atoms. The van der Waals surface area contributed by atoms with Crippen molar-refractivity contribution in [3.8, 4) is 0 Å². The Balaban J connectivity index is 2.28. The highest BCUT2D eigenvalue weighted by atomic mass is 32.2. The van der Waals surface area contributed by atoms with Crippen molar-refractivity contribution in [3.63, 3.8) is 0 Å². The van der Waals surface area contributed by atoms with Gasteiger partial charge in [-0.2, -0.15) is 0 Å². The summed E-state index contributed by atoms with van der Waals surface area (Å²) in [6.07, 6.45) is 2.30. The average Bonchev–Trinajstić information content (AvgIpc) is 2.60. The van der Waals surface area contributed by atoms with E-state index in [1.54, 1.807) is 0 Å². The highest BCUT2D eigenvalue weighted by Gasteiger charge is 2.31. The molecule has 0 saturated carbocycles. The molecule has 0 N–H and O–H groups in total. The molecule has 70 valence electrons. The lowest BCUT2D eigenvalue weighted by Crippen LogP contribution is -1.98. The predicted molar refractivity (Wildman–Crippen MR) is 51.4 cm³/mol. The normalized spacial score (nSPS) is 21.7. The number of ketones is 2. The lowest BCUT2D eigenvalue weighted by molar-refractivity contribution is -0.128. The second-order valence-electron chi connectivity index (χ2n) is 2.52. The van der Waals surface area contributed by atoms with E-state index in [1.807, 2.05) is 0 Å². The van der Waals surface area contributed by atoms with Crippen molar-refractivity contribution < 1.29 is 19.2 Å². The fourth-order valence-electron chi connectivity index (χ4n) is 0.958. The van der Waals surface area contributed by atoms with Gasteiger partial charge in [-0.3, -0.25) is 19.2 Å². The number of rotatable bonds is 1. The lowest BCUT2D eigenvalue weighted by Gasteiger charge is -1.95. The third-order valence-corrected chi connectivity index (χ3v) is 3.59. The zero-order chi connectivity index (χ0) is 10.3. The molecule has 0 saturated heterocycles. The van der Waals surface area contributed by atoms with Crippen LogP contribution in [-0.2, 0) is 19.2 Å². The van der Waals surface area contributed by atoms with E-state index in [4.69, 9.17) is 0 Å². The Morgan fingerprint density at radius 1 is 0.714 bits per heavy atom. The Bertz CT molecular complexity index is 402. The molecule has 0 aromatic heterocycles. The molecule has 2 heterocycles. The number of allylic oxidation sites excluding steroid dienone is 2. The molecular weight excluding hydrogens is 224 g/mol. The number of hydrogen-bond donors (Lipinski definition) is 0. The Labute approximate surface area is 86.8 Å². The molecule has 0 atom stereocenters. The maximum Gasteiger partial charge on any atom is 0.264 e. The first-order valence-corrected chi connectivity index (χ1v) is 5.17. The minimum atomic E-state index is -0.599. The minimum Gasteiger partial charge on any atom is -0.285 e. The first-order valence-electron chi connectivity index (χ1n) is 3.54. The lowest BCUT2D eigenvalue weighted by atomic mass is 10.3. The topological polar surface area (TPSA) is 68.3 Å². The Kier molecular flexibility index (Phi) is 2.16. The van der Waals surface area contributed by atoms with Gasteiger partial charge in [-0.15, -0.1) is 0 Å². The molecule has 0 amide bonds. The van der Waals surface area contributed by atoms with Gasteiger partial charge in [0.15, 0.2) is 0 Å². The number of thioether (sulfide) groups is 2. The van der Waals surface area contributed by atoms with Crippen LogP contribution >= 0.6 is 23.5 Å². The number of carbonyl (C=O) groups excluding carboxylic acids is 4. The molecule has 2 aliphatic heterocycles. The van der Waals surface area contributed by atoms with E-state index >= 15 is 0 Å². The molecule has 0 unspecified atom stereocenters. The van der Waals surface area contributed by atoms with Crippen LogP contribution in [0.5, 0.6) is 0 Å². The van der Waals surface area contributed by atoms with E-state index in [-0.39, 0.29) is 0 Å². The molecule has 6 heteroatoms. The first kappa shape index (κ1) is 9.42. The Hall–Kier alpha value is -1.14. The SMILES string of the molecule is O=C1C=C(C2=CC(=O)C(=O)S2)SC1=O. The zero-order valence-corrected chi connectivity index (χ0v) is 8.24. The summed E-state index contributed by atoms with van der Waals surface area (Å²) in [4.78, 5) is 44.2. The Morgan fingerprint density at radius 2 is 1.07 bits per heavy atom. The summed E-state index contributed by atoms with van der Waals surface area (Å²) < 4.78 is 0. The molecule has 2 aliphatic rings. The smallest absolute Gasteiger partial charge is 0.264 e. The maximum atomic E-state index is 10.9. The molecule has 0 aromatic carbocycles. The van der Waals surface area contributed by atoms with Crippen LogP contribution in [0, 0.1) is 0 Å². The van der Waals surface area contributed by atoms with E-state index in [2.05, 4.69) is 0 Å². The summed E-state index contributed by atoms with van der Waals surface area (Å²) in [5, 5.41) is -1.15. The van der Waals surface area contributed by atoms with Crippen LogP contribution in [-0.4, -0.2) is 21.8 Å². The summed E-state index contributed by atoms with van der Waals surface area (Å²) >= 11 is 1.51. The maximum absolute atomic E-state index is 10.9. The van der Waals surface area contributed by atoms with Crippen LogP contribution < -0.4 is 0 Å². The highest BCUT2D eigenvalue weighted by molar-refractivity contribution is 8.24. The van der Waals surface area contributed by atoms with Crippen LogP contribution in [0.2, 0.25) is 0 Å². The van der Waals surface area contributed by atoms with Gasteiger partial charge in [0.25, 0.3) is 10.2 Å². The van der Waals surface area contributed by atoms with Crippen LogP contribution in [0.4, 0.5) is 0 Å².